The largest absolute Gasteiger partial charge is 0.437 e. The van der Waals surface area contributed by atoms with Crippen LogP contribution in [0.3, 0.4) is 0 Å². The molecule has 0 spiro atoms. The normalized spacial score (nSPS) is 15.0. The molecule has 3 heterocycles. The molecule has 1 aliphatic heterocycles. The lowest BCUT2D eigenvalue weighted by atomic mass is 9.88. The van der Waals surface area contributed by atoms with Gasteiger partial charge in [-0.2, -0.15) is 0 Å². The van der Waals surface area contributed by atoms with Crippen LogP contribution >= 0.6 is 11.3 Å². The number of aromatic nitrogens is 2. The summed E-state index contributed by atoms with van der Waals surface area (Å²) in [5.41, 5.74) is 3.36. The van der Waals surface area contributed by atoms with Gasteiger partial charge in [-0.15, -0.1) is 11.3 Å². The molecule has 0 amide bonds. The molecule has 152 valence electrons. The number of aryl methyl sites for hydroxylation is 2. The van der Waals surface area contributed by atoms with Crippen LogP contribution < -0.4 is 10.2 Å². The maximum Gasteiger partial charge on any atom is 0.228 e. The summed E-state index contributed by atoms with van der Waals surface area (Å²) in [4.78, 5) is 5.62. The van der Waals surface area contributed by atoms with E-state index in [1.54, 1.807) is 29.8 Å². The van der Waals surface area contributed by atoms with E-state index < -0.39 is 0 Å². The average Bonchev–Trinajstić information content (AvgIpc) is 3.13. The van der Waals surface area contributed by atoms with Crippen molar-refractivity contribution in [2.75, 3.05) is 0 Å². The van der Waals surface area contributed by atoms with Gasteiger partial charge in [0.05, 0.1) is 16.4 Å². The summed E-state index contributed by atoms with van der Waals surface area (Å²) in [6, 6.07) is 12.9. The molecule has 0 bridgehead atoms. The summed E-state index contributed by atoms with van der Waals surface area (Å²) in [5, 5.41) is 9.95. The lowest BCUT2D eigenvalue weighted by Crippen LogP contribution is -2.29. The molecule has 4 aromatic rings. The van der Waals surface area contributed by atoms with Crippen LogP contribution in [0.1, 0.15) is 47.8 Å². The van der Waals surface area contributed by atoms with Gasteiger partial charge in [0.25, 0.3) is 0 Å². The third kappa shape index (κ3) is 2.86. The van der Waals surface area contributed by atoms with Crippen LogP contribution in [0.15, 0.2) is 48.8 Å². The number of benzene rings is 2. The minimum Gasteiger partial charge on any atom is -0.437 e. The van der Waals surface area contributed by atoms with E-state index in [4.69, 9.17) is 10.1 Å². The molecule has 1 atom stereocenters. The van der Waals surface area contributed by atoms with Gasteiger partial charge in [-0.3, -0.25) is 5.41 Å². The molecule has 0 radical (unpaired) electrons. The van der Waals surface area contributed by atoms with Crippen LogP contribution in [-0.4, -0.2) is 9.55 Å². The molecule has 2 aromatic carbocycles. The van der Waals surface area contributed by atoms with Crippen molar-refractivity contribution in [3.63, 3.8) is 0 Å². The molecule has 30 heavy (non-hydrogen) atoms. The van der Waals surface area contributed by atoms with Gasteiger partial charge in [0.1, 0.15) is 17.6 Å². The highest BCUT2D eigenvalue weighted by Crippen LogP contribution is 2.52. The van der Waals surface area contributed by atoms with Crippen LogP contribution in [0.25, 0.3) is 10.1 Å². The Balaban J connectivity index is 1.82. The van der Waals surface area contributed by atoms with Crippen molar-refractivity contribution in [1.29, 1.82) is 5.41 Å². The molecule has 2 aromatic heterocycles. The fraction of sp³-hybridized carbons (Fsp3) is 0.250. The van der Waals surface area contributed by atoms with E-state index in [-0.39, 0.29) is 11.7 Å². The van der Waals surface area contributed by atoms with E-state index in [1.165, 1.54) is 22.4 Å². The molecule has 1 N–H and O–H groups in total. The zero-order chi connectivity index (χ0) is 20.8. The molecule has 6 heteroatoms. The molecule has 4 nitrogen and oxygen atoms in total. The number of nitrogens with zero attached hydrogens (tertiary/aromatic N) is 2. The van der Waals surface area contributed by atoms with Gasteiger partial charge in [0.2, 0.25) is 5.88 Å². The fourth-order valence-corrected chi connectivity index (χ4v) is 5.66. The molecule has 1 unspecified atom stereocenters. The zero-order valence-corrected chi connectivity index (χ0v) is 17.7. The van der Waals surface area contributed by atoms with Crippen LogP contribution in [0.4, 0.5) is 4.39 Å². The molecule has 0 aliphatic carbocycles. The van der Waals surface area contributed by atoms with Gasteiger partial charge in [0, 0.05) is 16.6 Å². The highest BCUT2D eigenvalue weighted by molar-refractivity contribution is 7.19. The Labute approximate surface area is 178 Å². The summed E-state index contributed by atoms with van der Waals surface area (Å²) in [7, 11) is 0. The van der Waals surface area contributed by atoms with Crippen LogP contribution in [-0.2, 0) is 13.0 Å². The minimum absolute atomic E-state index is 0.212. The Morgan fingerprint density at radius 2 is 1.97 bits per heavy atom. The van der Waals surface area contributed by atoms with Crippen molar-refractivity contribution in [3.8, 4) is 11.6 Å². The van der Waals surface area contributed by atoms with Gasteiger partial charge in [-0.05, 0) is 42.2 Å². The lowest BCUT2D eigenvalue weighted by Gasteiger charge is -2.26. The van der Waals surface area contributed by atoms with Crippen LogP contribution in [0, 0.1) is 11.2 Å². The number of nitrogens with one attached hydrogen (secondary N) is 1. The Bertz CT molecular complexity index is 1310. The minimum atomic E-state index is -0.269. The van der Waals surface area contributed by atoms with Crippen molar-refractivity contribution in [2.45, 2.75) is 39.2 Å². The van der Waals surface area contributed by atoms with E-state index in [2.05, 4.69) is 37.0 Å². The second kappa shape index (κ2) is 7.36. The van der Waals surface area contributed by atoms with Gasteiger partial charge in [0.15, 0.2) is 5.75 Å². The third-order valence-electron chi connectivity index (χ3n) is 5.66. The van der Waals surface area contributed by atoms with Gasteiger partial charge in [-0.1, -0.05) is 38.1 Å². The summed E-state index contributed by atoms with van der Waals surface area (Å²) in [5.74, 6) is 0.799. The van der Waals surface area contributed by atoms with E-state index in [0.29, 0.717) is 17.9 Å². The lowest BCUT2D eigenvalue weighted by molar-refractivity contribution is 0.429. The predicted octanol–water partition coefficient (Wildman–Crippen LogP) is 5.97. The standard InChI is InChI=1S/C24H22FN3OS/c1-3-12-28-13-27-24-19(23(28)26)18(15-8-10-16(25)11-9-15)22-20(29-24)17-7-5-6-14(4-2)21(17)30-22/h5-11,13,18,26H,3-4,12H2,1-2H3. The van der Waals surface area contributed by atoms with Crippen molar-refractivity contribution in [2.24, 2.45) is 0 Å². The first kappa shape index (κ1) is 19.0. The number of fused-ring (bicyclic) bond motifs is 4. The second-order valence-electron chi connectivity index (χ2n) is 7.53. The van der Waals surface area contributed by atoms with Crippen molar-refractivity contribution in [1.82, 2.24) is 9.55 Å². The van der Waals surface area contributed by atoms with Gasteiger partial charge in [-0.25, -0.2) is 9.37 Å². The van der Waals surface area contributed by atoms with Crippen LogP contribution in [0.2, 0.25) is 0 Å². The van der Waals surface area contributed by atoms with Crippen molar-refractivity contribution < 1.29 is 9.13 Å². The van der Waals surface area contributed by atoms with Crippen LogP contribution in [0.5, 0.6) is 11.6 Å². The number of rotatable bonds is 4. The number of hydrogen-bond donors (Lipinski definition) is 1. The Morgan fingerprint density at radius 3 is 2.70 bits per heavy atom. The predicted molar refractivity (Wildman–Crippen MR) is 117 cm³/mol. The summed E-state index contributed by atoms with van der Waals surface area (Å²) in [6.45, 7) is 4.95. The van der Waals surface area contributed by atoms with Gasteiger partial charge < -0.3 is 9.30 Å². The summed E-state index contributed by atoms with van der Waals surface area (Å²) in [6.07, 6.45) is 3.53. The maximum absolute atomic E-state index is 13.7. The Hall–Kier alpha value is -2.99. The number of halogens is 1. The quantitative estimate of drug-likeness (QED) is 0.390. The molecule has 5 rings (SSSR count). The second-order valence-corrected chi connectivity index (χ2v) is 8.59. The SMILES string of the molecule is CCCn1cnc2c(c1=N)C(c1ccc(F)cc1)c1sc3c(CC)cccc3c1O2. The van der Waals surface area contributed by atoms with Gasteiger partial charge >= 0.3 is 0 Å². The first-order valence-corrected chi connectivity index (χ1v) is 11.1. The third-order valence-corrected chi connectivity index (χ3v) is 6.99. The summed E-state index contributed by atoms with van der Waals surface area (Å²) >= 11 is 1.71. The van der Waals surface area contributed by atoms with E-state index >= 15 is 0 Å². The highest BCUT2D eigenvalue weighted by Gasteiger charge is 2.35. The fourth-order valence-electron chi connectivity index (χ4n) is 4.21. The maximum atomic E-state index is 13.7. The topological polar surface area (TPSA) is 50.9 Å². The highest BCUT2D eigenvalue weighted by atomic mass is 32.1. The number of thiophene rings is 1. The molecular formula is C24H22FN3OS. The van der Waals surface area contributed by atoms with E-state index in [0.717, 1.165) is 40.0 Å². The average molecular weight is 420 g/mol. The monoisotopic (exact) mass is 419 g/mol. The molecule has 0 saturated heterocycles. The molecule has 0 saturated carbocycles. The first-order valence-electron chi connectivity index (χ1n) is 10.2. The Morgan fingerprint density at radius 1 is 1.17 bits per heavy atom. The number of hydrogen-bond acceptors (Lipinski definition) is 4. The van der Waals surface area contributed by atoms with Crippen molar-refractivity contribution in [3.05, 3.63) is 81.7 Å². The Kier molecular flexibility index (Phi) is 4.66. The number of ether oxygens (including phenoxy) is 1. The first-order chi connectivity index (χ1) is 14.6. The molecular weight excluding hydrogens is 397 g/mol. The smallest absolute Gasteiger partial charge is 0.228 e. The molecule has 1 aliphatic rings. The van der Waals surface area contributed by atoms with E-state index in [1.807, 2.05) is 4.57 Å². The summed E-state index contributed by atoms with van der Waals surface area (Å²) < 4.78 is 23.1. The molecule has 0 fully saturated rings. The van der Waals surface area contributed by atoms with E-state index in [9.17, 15) is 4.39 Å². The van der Waals surface area contributed by atoms with Crippen molar-refractivity contribution >= 4 is 21.4 Å². The zero-order valence-electron chi connectivity index (χ0n) is 16.9.